The van der Waals surface area contributed by atoms with Crippen LogP contribution in [0.2, 0.25) is 0 Å². The molecule has 0 aromatic heterocycles. The summed E-state index contributed by atoms with van der Waals surface area (Å²) in [6, 6.07) is -1.93. The van der Waals surface area contributed by atoms with Crippen LogP contribution in [0.5, 0.6) is 0 Å². The first-order valence-electron chi connectivity index (χ1n) is 5.58. The number of hydrogen-bond acceptors (Lipinski definition) is 3. The molecule has 19 heavy (non-hydrogen) atoms. The Morgan fingerprint density at radius 1 is 1.37 bits per heavy atom. The molecule has 0 aromatic carbocycles. The first-order chi connectivity index (χ1) is 8.71. The van der Waals surface area contributed by atoms with Crippen LogP contribution in [0.1, 0.15) is 19.3 Å². The zero-order valence-corrected chi connectivity index (χ0v) is 9.79. The van der Waals surface area contributed by atoms with Gasteiger partial charge >= 0.3 is 12.1 Å². The van der Waals surface area contributed by atoms with Gasteiger partial charge in [0.15, 0.2) is 0 Å². The highest BCUT2D eigenvalue weighted by Crippen LogP contribution is 2.28. The lowest BCUT2D eigenvalue weighted by atomic mass is 9.93. The number of carbonyl (C=O) groups excluding carboxylic acids is 2. The van der Waals surface area contributed by atoms with E-state index in [1.54, 1.807) is 5.32 Å². The molecule has 9 heteroatoms. The van der Waals surface area contributed by atoms with Crippen molar-refractivity contribution in [1.82, 2.24) is 10.6 Å². The summed E-state index contributed by atoms with van der Waals surface area (Å²) >= 11 is 0. The van der Waals surface area contributed by atoms with Crippen LogP contribution in [-0.2, 0) is 14.4 Å². The molecule has 2 atom stereocenters. The third kappa shape index (κ3) is 4.42. The molecular weight excluding hydrogens is 269 g/mol. The van der Waals surface area contributed by atoms with Crippen molar-refractivity contribution in [1.29, 1.82) is 0 Å². The minimum Gasteiger partial charge on any atom is -0.481 e. The van der Waals surface area contributed by atoms with Gasteiger partial charge in [-0.15, -0.1) is 0 Å². The summed E-state index contributed by atoms with van der Waals surface area (Å²) in [7, 11) is 0. The van der Waals surface area contributed by atoms with E-state index in [-0.39, 0.29) is 25.8 Å². The minimum absolute atomic E-state index is 0.166. The molecule has 1 aliphatic rings. The van der Waals surface area contributed by atoms with Gasteiger partial charge < -0.3 is 15.7 Å². The summed E-state index contributed by atoms with van der Waals surface area (Å²) in [6.45, 7) is -0.166. The molecule has 0 saturated carbocycles. The van der Waals surface area contributed by atoms with Crippen LogP contribution < -0.4 is 10.6 Å². The Bertz CT molecular complexity index is 383. The van der Waals surface area contributed by atoms with Crippen LogP contribution in [0.15, 0.2) is 0 Å². The van der Waals surface area contributed by atoms with Gasteiger partial charge in [-0.05, 0) is 12.8 Å². The van der Waals surface area contributed by atoms with E-state index < -0.39 is 35.9 Å². The lowest BCUT2D eigenvalue weighted by Gasteiger charge is -2.29. The van der Waals surface area contributed by atoms with Crippen molar-refractivity contribution in [3.05, 3.63) is 0 Å². The molecule has 3 N–H and O–H groups in total. The number of carboxylic acids is 1. The number of amides is 2. The summed E-state index contributed by atoms with van der Waals surface area (Å²) in [5.74, 6) is -4.06. The quantitative estimate of drug-likeness (QED) is 0.634. The van der Waals surface area contributed by atoms with Crippen molar-refractivity contribution in [2.75, 3.05) is 6.54 Å². The SMILES string of the molecule is O=C(O)CCNC(=O)[C@H]1CC[C@@H](C(F)(F)F)NC1=O. The number of halogens is 3. The molecule has 0 aliphatic carbocycles. The number of carboxylic acid groups (broad SMARTS) is 1. The van der Waals surface area contributed by atoms with Gasteiger partial charge in [-0.1, -0.05) is 0 Å². The molecule has 1 fully saturated rings. The van der Waals surface area contributed by atoms with Crippen LogP contribution in [0, 0.1) is 5.92 Å². The van der Waals surface area contributed by atoms with E-state index in [9.17, 15) is 27.6 Å². The van der Waals surface area contributed by atoms with Gasteiger partial charge in [0.1, 0.15) is 12.0 Å². The monoisotopic (exact) mass is 282 g/mol. The molecule has 1 saturated heterocycles. The fourth-order valence-electron chi connectivity index (χ4n) is 1.72. The normalized spacial score (nSPS) is 23.6. The molecule has 6 nitrogen and oxygen atoms in total. The van der Waals surface area contributed by atoms with Crippen molar-refractivity contribution in [2.45, 2.75) is 31.5 Å². The van der Waals surface area contributed by atoms with Gasteiger partial charge in [0.25, 0.3) is 0 Å². The Morgan fingerprint density at radius 2 is 2.00 bits per heavy atom. The Kier molecular flexibility index (Phi) is 4.73. The number of nitrogens with one attached hydrogen (secondary N) is 2. The fourth-order valence-corrected chi connectivity index (χ4v) is 1.72. The van der Waals surface area contributed by atoms with Crippen molar-refractivity contribution in [3.63, 3.8) is 0 Å². The zero-order valence-electron chi connectivity index (χ0n) is 9.79. The zero-order chi connectivity index (χ0) is 14.6. The molecule has 0 aromatic rings. The van der Waals surface area contributed by atoms with Crippen molar-refractivity contribution in [3.8, 4) is 0 Å². The molecule has 0 unspecified atom stereocenters. The largest absolute Gasteiger partial charge is 0.481 e. The summed E-state index contributed by atoms with van der Waals surface area (Å²) in [5, 5.41) is 12.3. The number of carbonyl (C=O) groups is 3. The van der Waals surface area contributed by atoms with Gasteiger partial charge in [0.2, 0.25) is 11.8 Å². The van der Waals surface area contributed by atoms with E-state index in [1.165, 1.54) is 0 Å². The molecule has 2 amide bonds. The molecule has 0 radical (unpaired) electrons. The smallest absolute Gasteiger partial charge is 0.408 e. The van der Waals surface area contributed by atoms with E-state index in [0.29, 0.717) is 0 Å². The van der Waals surface area contributed by atoms with Gasteiger partial charge in [-0.2, -0.15) is 13.2 Å². The van der Waals surface area contributed by atoms with E-state index in [1.807, 2.05) is 0 Å². The Morgan fingerprint density at radius 3 is 2.47 bits per heavy atom. The van der Waals surface area contributed by atoms with Gasteiger partial charge in [-0.25, -0.2) is 0 Å². The average Bonchev–Trinajstić information content (AvgIpc) is 2.26. The van der Waals surface area contributed by atoms with Crippen LogP contribution in [0.4, 0.5) is 13.2 Å². The fraction of sp³-hybridized carbons (Fsp3) is 0.700. The third-order valence-corrected chi connectivity index (χ3v) is 2.73. The highest BCUT2D eigenvalue weighted by molar-refractivity contribution is 6.00. The average molecular weight is 282 g/mol. The highest BCUT2D eigenvalue weighted by Gasteiger charge is 2.45. The number of alkyl halides is 3. The molecule has 1 aliphatic heterocycles. The molecular formula is C10H13F3N2O4. The van der Waals surface area contributed by atoms with Gasteiger partial charge in [-0.3, -0.25) is 14.4 Å². The number of hydrogen-bond donors (Lipinski definition) is 3. The Labute approximate surface area is 106 Å². The lowest BCUT2D eigenvalue weighted by molar-refractivity contribution is -0.171. The second-order valence-electron chi connectivity index (χ2n) is 4.17. The molecule has 0 spiro atoms. The van der Waals surface area contributed by atoms with Crippen molar-refractivity contribution >= 4 is 17.8 Å². The summed E-state index contributed by atoms with van der Waals surface area (Å²) < 4.78 is 37.1. The predicted octanol–water partition coefficient (Wildman–Crippen LogP) is 0.0344. The third-order valence-electron chi connectivity index (χ3n) is 2.73. The molecule has 108 valence electrons. The second-order valence-corrected chi connectivity index (χ2v) is 4.17. The van der Waals surface area contributed by atoms with Crippen molar-refractivity contribution < 1.29 is 32.7 Å². The molecule has 1 rings (SSSR count). The van der Waals surface area contributed by atoms with E-state index in [2.05, 4.69) is 5.32 Å². The van der Waals surface area contributed by atoms with Crippen LogP contribution >= 0.6 is 0 Å². The summed E-state index contributed by atoms with van der Waals surface area (Å²) in [4.78, 5) is 33.1. The number of rotatable bonds is 4. The lowest BCUT2D eigenvalue weighted by Crippen LogP contribution is -2.54. The Balaban J connectivity index is 2.47. The first-order valence-corrected chi connectivity index (χ1v) is 5.58. The predicted molar refractivity (Wildman–Crippen MR) is 56.0 cm³/mol. The highest BCUT2D eigenvalue weighted by atomic mass is 19.4. The number of piperidine rings is 1. The van der Waals surface area contributed by atoms with E-state index >= 15 is 0 Å². The topological polar surface area (TPSA) is 95.5 Å². The summed E-state index contributed by atoms with van der Waals surface area (Å²) in [5.41, 5.74) is 0. The van der Waals surface area contributed by atoms with E-state index in [4.69, 9.17) is 5.11 Å². The van der Waals surface area contributed by atoms with Crippen molar-refractivity contribution in [2.24, 2.45) is 5.92 Å². The molecule has 1 heterocycles. The second kappa shape index (κ2) is 5.89. The van der Waals surface area contributed by atoms with E-state index in [0.717, 1.165) is 0 Å². The van der Waals surface area contributed by atoms with Crippen LogP contribution in [0.25, 0.3) is 0 Å². The summed E-state index contributed by atoms with van der Waals surface area (Å²) in [6.07, 6.45) is -5.42. The first kappa shape index (κ1) is 15.3. The van der Waals surface area contributed by atoms with Gasteiger partial charge in [0, 0.05) is 6.54 Å². The molecule has 0 bridgehead atoms. The maximum Gasteiger partial charge on any atom is 0.408 e. The standard InChI is InChI=1S/C10H13F3N2O4/c11-10(12,13)6-2-1-5(9(19)15-6)8(18)14-4-3-7(16)17/h5-6H,1-4H2,(H,14,18)(H,15,19)(H,16,17)/t5-,6+/m1/s1. The minimum atomic E-state index is -4.53. The number of aliphatic carboxylic acids is 1. The Hall–Kier alpha value is -1.80. The van der Waals surface area contributed by atoms with Gasteiger partial charge in [0.05, 0.1) is 6.42 Å². The maximum atomic E-state index is 12.4. The van der Waals surface area contributed by atoms with Crippen LogP contribution in [0.3, 0.4) is 0 Å². The van der Waals surface area contributed by atoms with Crippen LogP contribution in [-0.4, -0.2) is 41.7 Å². The maximum absolute atomic E-state index is 12.4.